The summed E-state index contributed by atoms with van der Waals surface area (Å²) in [4.78, 5) is 4.26. The van der Waals surface area contributed by atoms with Crippen LogP contribution >= 0.6 is 0 Å². The van der Waals surface area contributed by atoms with E-state index in [-0.39, 0.29) is 6.10 Å². The van der Waals surface area contributed by atoms with Crippen molar-refractivity contribution in [3.63, 3.8) is 0 Å². The van der Waals surface area contributed by atoms with E-state index in [1.807, 2.05) is 40.1 Å². The van der Waals surface area contributed by atoms with Crippen LogP contribution in [0.15, 0.2) is 12.3 Å². The molecular formula is C13H22N2O2. The minimum Gasteiger partial charge on any atom is -0.491 e. The van der Waals surface area contributed by atoms with Gasteiger partial charge in [-0.15, -0.1) is 0 Å². The predicted octanol–water partition coefficient (Wildman–Crippen LogP) is 1.91. The third-order valence-corrected chi connectivity index (χ3v) is 2.24. The van der Waals surface area contributed by atoms with E-state index in [4.69, 9.17) is 9.47 Å². The zero-order valence-electron chi connectivity index (χ0n) is 11.1. The Balaban J connectivity index is 2.52. The predicted molar refractivity (Wildman–Crippen MR) is 68.3 cm³/mol. The van der Waals surface area contributed by atoms with Gasteiger partial charge in [-0.3, -0.25) is 4.98 Å². The maximum Gasteiger partial charge on any atom is 0.127 e. The van der Waals surface area contributed by atoms with Crippen molar-refractivity contribution in [2.45, 2.75) is 33.4 Å². The highest BCUT2D eigenvalue weighted by Crippen LogP contribution is 2.18. The molecule has 0 radical (unpaired) electrons. The molecule has 1 aromatic heterocycles. The van der Waals surface area contributed by atoms with E-state index in [9.17, 15) is 0 Å². The second-order valence-corrected chi connectivity index (χ2v) is 4.23. The van der Waals surface area contributed by atoms with Crippen LogP contribution in [0.3, 0.4) is 0 Å². The lowest BCUT2D eigenvalue weighted by Gasteiger charge is -2.13. The summed E-state index contributed by atoms with van der Waals surface area (Å²) in [7, 11) is 1.91. The maximum absolute atomic E-state index is 5.72. The highest BCUT2D eigenvalue weighted by atomic mass is 16.5. The molecule has 0 fully saturated rings. The van der Waals surface area contributed by atoms with Gasteiger partial charge in [-0.2, -0.15) is 0 Å². The van der Waals surface area contributed by atoms with Gasteiger partial charge in [0.25, 0.3) is 0 Å². The first-order valence-corrected chi connectivity index (χ1v) is 5.98. The number of hydrogen-bond donors (Lipinski definition) is 1. The molecule has 0 aliphatic heterocycles. The van der Waals surface area contributed by atoms with Gasteiger partial charge in [0.2, 0.25) is 0 Å². The first-order chi connectivity index (χ1) is 8.13. The summed E-state index contributed by atoms with van der Waals surface area (Å²) < 4.78 is 11.2. The summed E-state index contributed by atoms with van der Waals surface area (Å²) in [5.74, 6) is 0.888. The van der Waals surface area contributed by atoms with Crippen LogP contribution in [0, 0.1) is 6.92 Å². The minimum atomic E-state index is 0.245. The number of aromatic nitrogens is 1. The normalized spacial score (nSPS) is 10.9. The number of rotatable bonds is 7. The van der Waals surface area contributed by atoms with E-state index in [2.05, 4.69) is 10.3 Å². The summed E-state index contributed by atoms with van der Waals surface area (Å²) in [6.45, 7) is 7.93. The van der Waals surface area contributed by atoms with Gasteiger partial charge in [0.1, 0.15) is 12.4 Å². The Morgan fingerprint density at radius 3 is 2.76 bits per heavy atom. The fraction of sp³-hybridized carbons (Fsp3) is 0.615. The van der Waals surface area contributed by atoms with E-state index in [1.165, 1.54) is 0 Å². The van der Waals surface area contributed by atoms with Gasteiger partial charge >= 0.3 is 0 Å². The maximum atomic E-state index is 5.72. The van der Waals surface area contributed by atoms with Crippen LogP contribution < -0.4 is 10.1 Å². The van der Waals surface area contributed by atoms with Crippen molar-refractivity contribution < 1.29 is 9.47 Å². The molecule has 1 N–H and O–H groups in total. The van der Waals surface area contributed by atoms with Crippen molar-refractivity contribution in [1.29, 1.82) is 0 Å². The first-order valence-electron chi connectivity index (χ1n) is 5.98. The van der Waals surface area contributed by atoms with Gasteiger partial charge in [-0.05, 0) is 27.8 Å². The zero-order chi connectivity index (χ0) is 12.7. The van der Waals surface area contributed by atoms with Crippen LogP contribution in [-0.2, 0) is 11.3 Å². The van der Waals surface area contributed by atoms with Crippen LogP contribution in [0.25, 0.3) is 0 Å². The number of hydrogen-bond acceptors (Lipinski definition) is 4. The Labute approximate surface area is 103 Å². The molecule has 1 rings (SSSR count). The monoisotopic (exact) mass is 238 g/mol. The third kappa shape index (κ3) is 5.15. The summed E-state index contributed by atoms with van der Waals surface area (Å²) in [5.41, 5.74) is 2.03. The van der Waals surface area contributed by atoms with Crippen molar-refractivity contribution >= 4 is 0 Å². The van der Waals surface area contributed by atoms with Crippen molar-refractivity contribution in [2.24, 2.45) is 0 Å². The fourth-order valence-electron chi connectivity index (χ4n) is 1.46. The lowest BCUT2D eigenvalue weighted by molar-refractivity contribution is 0.0550. The molecule has 1 aromatic rings. The number of pyridine rings is 1. The van der Waals surface area contributed by atoms with E-state index >= 15 is 0 Å². The van der Waals surface area contributed by atoms with Crippen LogP contribution in [0.4, 0.5) is 0 Å². The Bertz CT molecular complexity index is 340. The van der Waals surface area contributed by atoms with E-state index in [1.54, 1.807) is 0 Å². The molecule has 0 unspecified atom stereocenters. The Kier molecular flexibility index (Phi) is 5.94. The molecule has 0 aliphatic carbocycles. The minimum absolute atomic E-state index is 0.245. The smallest absolute Gasteiger partial charge is 0.127 e. The molecule has 0 aliphatic rings. The summed E-state index contributed by atoms with van der Waals surface area (Å²) in [5, 5.41) is 3.10. The molecular weight excluding hydrogens is 216 g/mol. The van der Waals surface area contributed by atoms with Gasteiger partial charge in [0.05, 0.1) is 12.7 Å². The fourth-order valence-corrected chi connectivity index (χ4v) is 1.46. The van der Waals surface area contributed by atoms with Crippen molar-refractivity contribution in [3.8, 4) is 5.75 Å². The highest BCUT2D eigenvalue weighted by Gasteiger charge is 2.04. The van der Waals surface area contributed by atoms with Crippen LogP contribution in [0.5, 0.6) is 5.75 Å². The summed E-state index contributed by atoms with van der Waals surface area (Å²) in [6.07, 6.45) is 2.10. The molecule has 1 heterocycles. The molecule has 0 spiro atoms. The first kappa shape index (κ1) is 13.9. The van der Waals surface area contributed by atoms with Crippen LogP contribution in [-0.4, -0.2) is 31.3 Å². The van der Waals surface area contributed by atoms with Gasteiger partial charge in [0, 0.05) is 30.1 Å². The molecule has 0 amide bonds. The Morgan fingerprint density at radius 2 is 2.12 bits per heavy atom. The average molecular weight is 238 g/mol. The van der Waals surface area contributed by atoms with Crippen LogP contribution in [0.1, 0.15) is 25.1 Å². The molecule has 0 saturated carbocycles. The number of nitrogens with zero attached hydrogens (tertiary/aromatic N) is 1. The summed E-state index contributed by atoms with van der Waals surface area (Å²) >= 11 is 0. The van der Waals surface area contributed by atoms with Gasteiger partial charge in [-0.25, -0.2) is 0 Å². The van der Waals surface area contributed by atoms with Crippen molar-refractivity contribution in [1.82, 2.24) is 10.3 Å². The quantitative estimate of drug-likeness (QED) is 0.737. The zero-order valence-corrected chi connectivity index (χ0v) is 11.1. The molecule has 4 nitrogen and oxygen atoms in total. The molecule has 0 aromatic carbocycles. The van der Waals surface area contributed by atoms with Gasteiger partial charge in [0.15, 0.2) is 0 Å². The van der Waals surface area contributed by atoms with Gasteiger partial charge in [-0.1, -0.05) is 0 Å². The van der Waals surface area contributed by atoms with Gasteiger partial charge < -0.3 is 14.8 Å². The average Bonchev–Trinajstić information content (AvgIpc) is 2.28. The molecule has 4 heteroatoms. The van der Waals surface area contributed by atoms with Crippen molar-refractivity contribution in [3.05, 3.63) is 23.5 Å². The number of ether oxygens (including phenoxy) is 2. The van der Waals surface area contributed by atoms with E-state index < -0.39 is 0 Å². The number of nitrogens with one attached hydrogen (secondary N) is 1. The standard InChI is InChI=1S/C13H22N2O2/c1-10(2)16-5-6-17-13-7-11(3)15-9-12(13)8-14-4/h7,9-10,14H,5-6,8H2,1-4H3. The molecule has 17 heavy (non-hydrogen) atoms. The van der Waals surface area contributed by atoms with Crippen LogP contribution in [0.2, 0.25) is 0 Å². The molecule has 0 bridgehead atoms. The third-order valence-electron chi connectivity index (χ3n) is 2.24. The van der Waals surface area contributed by atoms with E-state index in [0.29, 0.717) is 13.2 Å². The molecule has 96 valence electrons. The Morgan fingerprint density at radius 1 is 1.35 bits per heavy atom. The second kappa shape index (κ2) is 7.25. The molecule has 0 saturated heterocycles. The largest absolute Gasteiger partial charge is 0.491 e. The topological polar surface area (TPSA) is 43.4 Å². The SMILES string of the molecule is CNCc1cnc(C)cc1OCCOC(C)C. The molecule has 0 atom stereocenters. The lowest BCUT2D eigenvalue weighted by atomic mass is 10.2. The lowest BCUT2D eigenvalue weighted by Crippen LogP contribution is -2.13. The Hall–Kier alpha value is -1.13. The highest BCUT2D eigenvalue weighted by molar-refractivity contribution is 5.32. The number of aryl methyl sites for hydroxylation is 1. The second-order valence-electron chi connectivity index (χ2n) is 4.23. The van der Waals surface area contributed by atoms with Crippen molar-refractivity contribution in [2.75, 3.05) is 20.3 Å². The summed E-state index contributed by atoms with van der Waals surface area (Å²) in [6, 6.07) is 1.96. The van der Waals surface area contributed by atoms with E-state index in [0.717, 1.165) is 23.6 Å².